The van der Waals surface area contributed by atoms with Gasteiger partial charge in [-0.25, -0.2) is 0 Å². The summed E-state index contributed by atoms with van der Waals surface area (Å²) < 4.78 is 5.52. The average Bonchev–Trinajstić information content (AvgIpc) is 2.32. The van der Waals surface area contributed by atoms with Crippen LogP contribution in [-0.2, 0) is 4.74 Å². The van der Waals surface area contributed by atoms with E-state index >= 15 is 0 Å². The normalized spacial score (nSPS) is 26.8. The Morgan fingerprint density at radius 1 is 1.21 bits per heavy atom. The van der Waals surface area contributed by atoms with Crippen LogP contribution < -0.4 is 5.32 Å². The molecule has 3 atom stereocenters. The molecule has 3 unspecified atom stereocenters. The van der Waals surface area contributed by atoms with Crippen LogP contribution in [0.2, 0.25) is 0 Å². The minimum absolute atomic E-state index is 0.224. The first kappa shape index (κ1) is 14.5. The van der Waals surface area contributed by atoms with Crippen LogP contribution in [0.25, 0.3) is 0 Å². The van der Waals surface area contributed by atoms with E-state index in [2.05, 4.69) is 58.1 Å². The van der Waals surface area contributed by atoms with Gasteiger partial charge in [0.05, 0.1) is 6.10 Å². The smallest absolute Gasteiger partial charge is 0.0652 e. The first-order valence-corrected chi connectivity index (χ1v) is 7.21. The lowest BCUT2D eigenvalue weighted by atomic mass is 9.64. The van der Waals surface area contributed by atoms with E-state index in [-0.39, 0.29) is 5.41 Å². The van der Waals surface area contributed by atoms with Gasteiger partial charge in [0.15, 0.2) is 0 Å². The summed E-state index contributed by atoms with van der Waals surface area (Å²) in [7, 11) is 1.82. The quantitative estimate of drug-likeness (QED) is 0.891. The highest BCUT2D eigenvalue weighted by atomic mass is 16.5. The monoisotopic (exact) mass is 261 g/mol. The van der Waals surface area contributed by atoms with Crippen LogP contribution in [0.3, 0.4) is 0 Å². The number of nitrogens with one attached hydrogen (secondary N) is 1. The summed E-state index contributed by atoms with van der Waals surface area (Å²) in [6, 6.07) is 7.72. The molecule has 2 rings (SSSR count). The van der Waals surface area contributed by atoms with Crippen LogP contribution in [0.4, 0.5) is 0 Å². The van der Waals surface area contributed by atoms with Gasteiger partial charge in [-0.1, -0.05) is 43.2 Å². The van der Waals surface area contributed by atoms with Gasteiger partial charge in [-0.05, 0) is 32.8 Å². The summed E-state index contributed by atoms with van der Waals surface area (Å²) in [6.45, 7) is 11.2. The maximum absolute atomic E-state index is 5.52. The zero-order valence-electron chi connectivity index (χ0n) is 13.1. The predicted molar refractivity (Wildman–Crippen MR) is 80.4 cm³/mol. The van der Waals surface area contributed by atoms with Gasteiger partial charge >= 0.3 is 0 Å². The van der Waals surface area contributed by atoms with Crippen molar-refractivity contribution in [3.63, 3.8) is 0 Å². The molecule has 1 aromatic carbocycles. The summed E-state index contributed by atoms with van der Waals surface area (Å²) in [5, 5.41) is 3.76. The Bertz CT molecular complexity index is 432. The molecular weight excluding hydrogens is 234 g/mol. The lowest BCUT2D eigenvalue weighted by Gasteiger charge is -2.52. The van der Waals surface area contributed by atoms with Crippen molar-refractivity contribution < 1.29 is 4.74 Å². The fourth-order valence-electron chi connectivity index (χ4n) is 3.23. The van der Waals surface area contributed by atoms with Gasteiger partial charge in [-0.2, -0.15) is 0 Å². The maximum Gasteiger partial charge on any atom is 0.0652 e. The van der Waals surface area contributed by atoms with Crippen molar-refractivity contribution in [1.82, 2.24) is 5.32 Å². The average molecular weight is 261 g/mol. The van der Waals surface area contributed by atoms with Gasteiger partial charge < -0.3 is 10.1 Å². The number of ether oxygens (including phenoxy) is 1. The summed E-state index contributed by atoms with van der Waals surface area (Å²) in [4.78, 5) is 0. The van der Waals surface area contributed by atoms with E-state index in [1.54, 1.807) is 0 Å². The van der Waals surface area contributed by atoms with Gasteiger partial charge in [0, 0.05) is 24.6 Å². The fourth-order valence-corrected chi connectivity index (χ4v) is 3.23. The van der Waals surface area contributed by atoms with E-state index < -0.39 is 0 Å². The van der Waals surface area contributed by atoms with Crippen LogP contribution in [-0.4, -0.2) is 19.3 Å². The molecule has 19 heavy (non-hydrogen) atoms. The van der Waals surface area contributed by atoms with Crippen molar-refractivity contribution in [3.8, 4) is 0 Å². The van der Waals surface area contributed by atoms with Crippen LogP contribution in [0, 0.1) is 19.3 Å². The third kappa shape index (κ3) is 2.85. The summed E-state index contributed by atoms with van der Waals surface area (Å²) in [5.41, 5.74) is 4.29. The van der Waals surface area contributed by atoms with E-state index in [0.29, 0.717) is 18.2 Å². The van der Waals surface area contributed by atoms with E-state index in [9.17, 15) is 0 Å². The number of hydrogen-bond donors (Lipinski definition) is 1. The molecule has 1 saturated carbocycles. The minimum atomic E-state index is 0.224. The minimum Gasteiger partial charge on any atom is -0.381 e. The van der Waals surface area contributed by atoms with Gasteiger partial charge in [-0.3, -0.25) is 0 Å². The standard InChI is InChI=1S/C17H27NO/c1-11-7-12(2)9-14(8-11)13(3)18-15-10-16(19-6)17(15,4)5/h7-9,13,15-16,18H,10H2,1-6H3. The Hall–Kier alpha value is -0.860. The molecular formula is C17H27NO. The van der Waals surface area contributed by atoms with Crippen molar-refractivity contribution in [2.24, 2.45) is 5.41 Å². The number of hydrogen-bond acceptors (Lipinski definition) is 2. The molecule has 2 heteroatoms. The van der Waals surface area contributed by atoms with E-state index in [4.69, 9.17) is 4.74 Å². The third-order valence-electron chi connectivity index (χ3n) is 4.66. The predicted octanol–water partition coefficient (Wildman–Crippen LogP) is 3.77. The van der Waals surface area contributed by atoms with Crippen molar-refractivity contribution in [2.75, 3.05) is 7.11 Å². The lowest BCUT2D eigenvalue weighted by Crippen LogP contribution is -2.60. The van der Waals surface area contributed by atoms with E-state index in [1.807, 2.05) is 7.11 Å². The zero-order chi connectivity index (χ0) is 14.2. The molecule has 2 nitrogen and oxygen atoms in total. The molecule has 0 aromatic heterocycles. The molecule has 0 heterocycles. The number of benzene rings is 1. The van der Waals surface area contributed by atoms with E-state index in [1.165, 1.54) is 16.7 Å². The Balaban J connectivity index is 2.04. The lowest BCUT2D eigenvalue weighted by molar-refractivity contribution is -0.0999. The van der Waals surface area contributed by atoms with Crippen LogP contribution in [0.5, 0.6) is 0 Å². The second kappa shape index (κ2) is 5.26. The van der Waals surface area contributed by atoms with Crippen molar-refractivity contribution >= 4 is 0 Å². The summed E-state index contributed by atoms with van der Waals surface area (Å²) in [6.07, 6.45) is 1.50. The van der Waals surface area contributed by atoms with Crippen molar-refractivity contribution in [2.45, 2.75) is 59.2 Å². The second-order valence-corrected chi connectivity index (χ2v) is 6.64. The largest absolute Gasteiger partial charge is 0.381 e. The molecule has 1 N–H and O–H groups in total. The number of aryl methyl sites for hydroxylation is 2. The Morgan fingerprint density at radius 2 is 1.79 bits per heavy atom. The highest BCUT2D eigenvalue weighted by Gasteiger charge is 2.48. The van der Waals surface area contributed by atoms with Crippen LogP contribution in [0.15, 0.2) is 18.2 Å². The van der Waals surface area contributed by atoms with Gasteiger partial charge in [-0.15, -0.1) is 0 Å². The van der Waals surface area contributed by atoms with Crippen molar-refractivity contribution in [1.29, 1.82) is 0 Å². The first-order valence-electron chi connectivity index (χ1n) is 7.21. The van der Waals surface area contributed by atoms with E-state index in [0.717, 1.165) is 6.42 Å². The molecule has 0 spiro atoms. The second-order valence-electron chi connectivity index (χ2n) is 6.64. The maximum atomic E-state index is 5.52. The Labute approximate surface area is 117 Å². The third-order valence-corrected chi connectivity index (χ3v) is 4.66. The molecule has 106 valence electrons. The van der Waals surface area contributed by atoms with Gasteiger partial charge in [0.2, 0.25) is 0 Å². The number of rotatable bonds is 4. The zero-order valence-corrected chi connectivity index (χ0v) is 13.1. The van der Waals surface area contributed by atoms with Crippen LogP contribution in [0.1, 0.15) is 49.9 Å². The number of methoxy groups -OCH3 is 1. The topological polar surface area (TPSA) is 21.3 Å². The molecule has 0 amide bonds. The van der Waals surface area contributed by atoms with Gasteiger partial charge in [0.1, 0.15) is 0 Å². The van der Waals surface area contributed by atoms with Crippen LogP contribution >= 0.6 is 0 Å². The summed E-state index contributed by atoms with van der Waals surface area (Å²) in [5.74, 6) is 0. The SMILES string of the molecule is COC1CC(NC(C)c2cc(C)cc(C)c2)C1(C)C. The molecule has 0 radical (unpaired) electrons. The fraction of sp³-hybridized carbons (Fsp3) is 0.647. The molecule has 0 bridgehead atoms. The highest BCUT2D eigenvalue weighted by Crippen LogP contribution is 2.43. The van der Waals surface area contributed by atoms with Crippen molar-refractivity contribution in [3.05, 3.63) is 34.9 Å². The highest BCUT2D eigenvalue weighted by molar-refractivity contribution is 5.30. The Morgan fingerprint density at radius 3 is 2.26 bits per heavy atom. The first-order chi connectivity index (χ1) is 8.84. The molecule has 1 aliphatic carbocycles. The van der Waals surface area contributed by atoms with Gasteiger partial charge in [0.25, 0.3) is 0 Å². The molecule has 1 aromatic rings. The molecule has 1 fully saturated rings. The summed E-state index contributed by atoms with van der Waals surface area (Å²) >= 11 is 0. The molecule has 0 saturated heterocycles. The molecule has 1 aliphatic rings. The molecule has 0 aliphatic heterocycles. The Kier molecular flexibility index (Phi) is 4.03.